The predicted molar refractivity (Wildman–Crippen MR) is 159 cm³/mol. The average molecular weight is 558 g/mol. The number of carbonyl (C=O) groups is 3. The lowest BCUT2D eigenvalue weighted by molar-refractivity contribution is -0.144. The fourth-order valence-corrected chi connectivity index (χ4v) is 5.72. The number of fused-ring (bicyclic) bond motifs is 8. The maximum atomic E-state index is 14.2. The number of hydrogen-bond donors (Lipinski definition) is 3. The molecule has 6 rings (SSSR count). The van der Waals surface area contributed by atoms with E-state index in [0.717, 1.165) is 22.0 Å². The zero-order valence-corrected chi connectivity index (χ0v) is 24.1. The number of likely N-dealkylation sites (N-methyl/N-ethyl adjacent to an activating group) is 1. The Labute approximate surface area is 240 Å². The predicted octanol–water partition coefficient (Wildman–Crippen LogP) is 3.32. The van der Waals surface area contributed by atoms with Gasteiger partial charge in [0.15, 0.2) is 0 Å². The molecule has 1 aromatic heterocycles. The molecule has 3 aliphatic rings. The first-order valence-corrected chi connectivity index (χ1v) is 14.3. The summed E-state index contributed by atoms with van der Waals surface area (Å²) >= 11 is 0. The number of amides is 3. The molecule has 9 nitrogen and oxygen atoms in total. The molecular weight excluding hydrogens is 518 g/mol. The van der Waals surface area contributed by atoms with E-state index in [-0.39, 0.29) is 23.6 Å². The van der Waals surface area contributed by atoms with Crippen molar-refractivity contribution >= 4 is 34.7 Å². The lowest BCUT2D eigenvalue weighted by Gasteiger charge is -2.34. The van der Waals surface area contributed by atoms with Gasteiger partial charge in [0.05, 0.1) is 6.04 Å². The molecule has 4 heterocycles. The van der Waals surface area contributed by atoms with Crippen molar-refractivity contribution < 1.29 is 19.1 Å². The number of aromatic amines is 1. The van der Waals surface area contributed by atoms with Gasteiger partial charge in [0, 0.05) is 36.3 Å². The van der Waals surface area contributed by atoms with Gasteiger partial charge in [-0.25, -0.2) is 0 Å². The largest absolute Gasteiger partial charge is 0.488 e. The van der Waals surface area contributed by atoms with Gasteiger partial charge in [0.2, 0.25) is 17.7 Å². The van der Waals surface area contributed by atoms with Crippen LogP contribution in [0.4, 0.5) is 0 Å². The van der Waals surface area contributed by atoms with E-state index in [0.29, 0.717) is 31.6 Å². The summed E-state index contributed by atoms with van der Waals surface area (Å²) in [6, 6.07) is 13.4. The Kier molecular flexibility index (Phi) is 8.44. The molecule has 1 fully saturated rings. The number of para-hydroxylation sites is 1. The number of aromatic nitrogens is 1. The molecule has 3 aromatic rings. The van der Waals surface area contributed by atoms with Gasteiger partial charge in [-0.1, -0.05) is 50.6 Å². The normalized spacial score (nSPS) is 23.3. The summed E-state index contributed by atoms with van der Waals surface area (Å²) in [4.78, 5) is 48.2. The standard InChI is InChI=1S/C32H39N5O4/c1-5-20(2)28-30(38)33-16-14-21-10-12-23(13-11-21)41-27-15-17-37(29(27)31(39)35-28)32(40)26(36(3)4)18-22-19-34-25-9-7-6-8-24(22)25/h6-14,16,19-20,26-29,34H,5,15,17-18H2,1-4H3,(H,33,38)(H,35,39)/b16-14-/t20-,26+,27+,28+,29+/m1/s1. The minimum absolute atomic E-state index is 0.111. The summed E-state index contributed by atoms with van der Waals surface area (Å²) in [5.41, 5.74) is 2.96. The number of nitrogens with one attached hydrogen (secondary N) is 3. The highest BCUT2D eigenvalue weighted by molar-refractivity contribution is 5.95. The number of rotatable bonds is 6. The van der Waals surface area contributed by atoms with Crippen LogP contribution in [0.2, 0.25) is 0 Å². The SMILES string of the molecule is CC[C@@H](C)[C@@H]1NC(=O)[C@@H]2[C@H](CCN2C(=O)[C@H](Cc2c[nH]c3ccccc23)N(C)C)Oc2ccc(cc2)/C=C\NC1=O. The molecule has 0 radical (unpaired) electrons. The van der Waals surface area contributed by atoms with Gasteiger partial charge < -0.3 is 25.3 Å². The average Bonchev–Trinajstić information content (AvgIpc) is 3.58. The fourth-order valence-electron chi connectivity index (χ4n) is 5.72. The van der Waals surface area contributed by atoms with Gasteiger partial charge in [0.25, 0.3) is 0 Å². The van der Waals surface area contributed by atoms with Crippen LogP contribution < -0.4 is 15.4 Å². The van der Waals surface area contributed by atoms with Crippen molar-refractivity contribution in [3.8, 4) is 5.75 Å². The summed E-state index contributed by atoms with van der Waals surface area (Å²) in [6.07, 6.45) is 6.47. The molecule has 1 saturated heterocycles. The number of ether oxygens (including phenoxy) is 1. The first-order chi connectivity index (χ1) is 19.8. The van der Waals surface area contributed by atoms with Crippen molar-refractivity contribution in [1.29, 1.82) is 0 Å². The van der Waals surface area contributed by atoms with Gasteiger partial charge in [0.1, 0.15) is 23.9 Å². The van der Waals surface area contributed by atoms with Gasteiger partial charge >= 0.3 is 0 Å². The van der Waals surface area contributed by atoms with Gasteiger partial charge in [-0.15, -0.1) is 0 Å². The molecule has 0 aliphatic carbocycles. The minimum atomic E-state index is -0.884. The van der Waals surface area contributed by atoms with E-state index in [4.69, 9.17) is 4.74 Å². The third kappa shape index (κ3) is 6.00. The Balaban J connectivity index is 1.47. The van der Waals surface area contributed by atoms with E-state index in [1.807, 2.05) is 87.6 Å². The highest BCUT2D eigenvalue weighted by atomic mass is 16.5. The van der Waals surface area contributed by atoms with E-state index in [9.17, 15) is 14.4 Å². The van der Waals surface area contributed by atoms with Crippen LogP contribution in [0.25, 0.3) is 17.0 Å². The number of nitrogens with zero attached hydrogens (tertiary/aromatic N) is 2. The maximum Gasteiger partial charge on any atom is 0.247 e. The van der Waals surface area contributed by atoms with Crippen LogP contribution in [0.1, 0.15) is 37.8 Å². The van der Waals surface area contributed by atoms with Crippen LogP contribution in [0.15, 0.2) is 60.9 Å². The number of H-pyrrole nitrogens is 1. The monoisotopic (exact) mass is 557 g/mol. The van der Waals surface area contributed by atoms with Crippen LogP contribution >= 0.6 is 0 Å². The smallest absolute Gasteiger partial charge is 0.247 e. The zero-order chi connectivity index (χ0) is 29.1. The van der Waals surface area contributed by atoms with Gasteiger partial charge in [-0.3, -0.25) is 19.3 Å². The molecule has 0 unspecified atom stereocenters. The molecule has 0 saturated carbocycles. The molecule has 5 atom stereocenters. The highest BCUT2D eigenvalue weighted by Gasteiger charge is 2.46. The van der Waals surface area contributed by atoms with E-state index in [1.165, 1.54) is 0 Å². The first kappa shape index (κ1) is 28.4. The Morgan fingerprint density at radius 2 is 1.85 bits per heavy atom. The second-order valence-electron chi connectivity index (χ2n) is 11.2. The molecule has 3 N–H and O–H groups in total. The molecule has 3 aliphatic heterocycles. The molecule has 2 aromatic carbocycles. The Bertz CT molecular complexity index is 1430. The molecule has 9 heteroatoms. The Morgan fingerprint density at radius 3 is 2.59 bits per heavy atom. The lowest BCUT2D eigenvalue weighted by Crippen LogP contribution is -2.59. The quantitative estimate of drug-likeness (QED) is 0.431. The number of carbonyl (C=O) groups excluding carboxylic acids is 3. The van der Waals surface area contributed by atoms with Crippen molar-refractivity contribution in [3.63, 3.8) is 0 Å². The lowest BCUT2D eigenvalue weighted by atomic mass is 9.97. The van der Waals surface area contributed by atoms with Crippen molar-refractivity contribution in [2.45, 2.75) is 57.3 Å². The van der Waals surface area contributed by atoms with Crippen LogP contribution in [-0.2, 0) is 20.8 Å². The summed E-state index contributed by atoms with van der Waals surface area (Å²) < 4.78 is 6.34. The van der Waals surface area contributed by atoms with Crippen LogP contribution in [0.3, 0.4) is 0 Å². The van der Waals surface area contributed by atoms with Crippen molar-refractivity contribution in [1.82, 2.24) is 25.4 Å². The summed E-state index contributed by atoms with van der Waals surface area (Å²) in [5, 5.41) is 6.87. The third-order valence-electron chi connectivity index (χ3n) is 8.35. The third-order valence-corrected chi connectivity index (χ3v) is 8.35. The van der Waals surface area contributed by atoms with Crippen LogP contribution in [0, 0.1) is 5.92 Å². The highest BCUT2D eigenvalue weighted by Crippen LogP contribution is 2.28. The van der Waals surface area contributed by atoms with E-state index < -0.39 is 24.2 Å². The zero-order valence-electron chi connectivity index (χ0n) is 24.1. The molecule has 216 valence electrons. The fraction of sp³-hybridized carbons (Fsp3) is 0.406. The van der Waals surface area contributed by atoms with Crippen molar-refractivity contribution in [2.75, 3.05) is 20.6 Å². The summed E-state index contributed by atoms with van der Waals surface area (Å²) in [6.45, 7) is 4.29. The molecule has 3 amide bonds. The Morgan fingerprint density at radius 1 is 1.10 bits per heavy atom. The summed E-state index contributed by atoms with van der Waals surface area (Å²) in [5.74, 6) is -0.308. The van der Waals surface area contributed by atoms with Gasteiger partial charge in [-0.05, 0) is 61.8 Å². The molecular formula is C32H39N5O4. The topological polar surface area (TPSA) is 107 Å². The number of likely N-dealkylation sites (tertiary alicyclic amines) is 1. The van der Waals surface area contributed by atoms with Crippen molar-refractivity contribution in [2.24, 2.45) is 5.92 Å². The maximum absolute atomic E-state index is 14.2. The second kappa shape index (κ2) is 12.2. The number of benzene rings is 2. The molecule has 2 bridgehead atoms. The van der Waals surface area contributed by atoms with E-state index >= 15 is 0 Å². The first-order valence-electron chi connectivity index (χ1n) is 14.3. The number of hydrogen-bond acceptors (Lipinski definition) is 5. The van der Waals surface area contributed by atoms with Gasteiger partial charge in [-0.2, -0.15) is 0 Å². The minimum Gasteiger partial charge on any atom is -0.488 e. The van der Waals surface area contributed by atoms with E-state index in [2.05, 4.69) is 15.6 Å². The van der Waals surface area contributed by atoms with E-state index in [1.54, 1.807) is 17.2 Å². The molecule has 0 spiro atoms. The van der Waals surface area contributed by atoms with Crippen LogP contribution in [-0.4, -0.2) is 77.4 Å². The Hall–Kier alpha value is -4.11. The van der Waals surface area contributed by atoms with Crippen molar-refractivity contribution in [3.05, 3.63) is 72.1 Å². The summed E-state index contributed by atoms with van der Waals surface area (Å²) in [7, 11) is 3.76. The second-order valence-corrected chi connectivity index (χ2v) is 11.2. The van der Waals surface area contributed by atoms with Crippen LogP contribution in [0.5, 0.6) is 5.75 Å². The molecule has 41 heavy (non-hydrogen) atoms.